The molecule has 2 aliphatic heterocycles. The van der Waals surface area contributed by atoms with Gasteiger partial charge in [-0.1, -0.05) is 0 Å². The zero-order chi connectivity index (χ0) is 13.2. The van der Waals surface area contributed by atoms with E-state index in [-0.39, 0.29) is 5.97 Å². The van der Waals surface area contributed by atoms with Gasteiger partial charge in [0, 0.05) is 32.4 Å². The van der Waals surface area contributed by atoms with Crippen LogP contribution in [0.5, 0.6) is 0 Å². The third-order valence-electron chi connectivity index (χ3n) is 3.97. The number of anilines is 1. The highest BCUT2D eigenvalue weighted by atomic mass is 16.5. The van der Waals surface area contributed by atoms with Crippen LogP contribution in [-0.2, 0) is 4.74 Å². The van der Waals surface area contributed by atoms with Crippen LogP contribution in [-0.4, -0.2) is 43.7 Å². The van der Waals surface area contributed by atoms with Crippen molar-refractivity contribution < 1.29 is 9.53 Å². The van der Waals surface area contributed by atoms with Crippen molar-refractivity contribution in [2.45, 2.75) is 6.92 Å². The van der Waals surface area contributed by atoms with Crippen molar-refractivity contribution in [3.8, 4) is 0 Å². The second kappa shape index (κ2) is 5.17. The Balaban J connectivity index is 1.68. The number of nitrogens with zero attached hydrogens (tertiary/aromatic N) is 2. The summed E-state index contributed by atoms with van der Waals surface area (Å²) < 4.78 is 4.95. The van der Waals surface area contributed by atoms with Crippen molar-refractivity contribution in [3.63, 3.8) is 0 Å². The maximum atomic E-state index is 11.6. The van der Waals surface area contributed by atoms with Crippen LogP contribution >= 0.6 is 0 Å². The molecule has 2 aliphatic rings. The van der Waals surface area contributed by atoms with E-state index in [0.717, 1.165) is 43.8 Å². The Hall–Kier alpha value is -1.62. The lowest BCUT2D eigenvalue weighted by molar-refractivity contribution is 0.0526. The lowest BCUT2D eigenvalue weighted by Crippen LogP contribution is -2.26. The molecule has 102 valence electrons. The maximum absolute atomic E-state index is 11.6. The van der Waals surface area contributed by atoms with Gasteiger partial charge in [-0.3, -0.25) is 0 Å². The Bertz CT molecular complexity index is 448. The van der Waals surface area contributed by atoms with Gasteiger partial charge in [0.05, 0.1) is 12.2 Å². The molecule has 3 rings (SSSR count). The van der Waals surface area contributed by atoms with Gasteiger partial charge < -0.3 is 15.0 Å². The number of hydrogen-bond acceptors (Lipinski definition) is 5. The zero-order valence-electron chi connectivity index (χ0n) is 11.1. The number of carbonyl (C=O) groups excluding carboxylic acids is 1. The van der Waals surface area contributed by atoms with Crippen molar-refractivity contribution in [3.05, 3.63) is 23.9 Å². The minimum Gasteiger partial charge on any atom is -0.462 e. The molecular formula is C14H19N3O2. The number of aromatic nitrogens is 1. The molecule has 1 aromatic heterocycles. The van der Waals surface area contributed by atoms with Crippen molar-refractivity contribution in [1.29, 1.82) is 0 Å². The zero-order valence-corrected chi connectivity index (χ0v) is 11.1. The fraction of sp³-hybridized carbons (Fsp3) is 0.571. The van der Waals surface area contributed by atoms with E-state index < -0.39 is 0 Å². The Morgan fingerprint density at radius 1 is 1.42 bits per heavy atom. The minimum absolute atomic E-state index is 0.302. The summed E-state index contributed by atoms with van der Waals surface area (Å²) in [6.07, 6.45) is 1.61. The van der Waals surface area contributed by atoms with E-state index in [1.54, 1.807) is 19.2 Å². The van der Waals surface area contributed by atoms with Crippen molar-refractivity contribution in [2.75, 3.05) is 37.7 Å². The van der Waals surface area contributed by atoms with Crippen LogP contribution in [0.25, 0.3) is 0 Å². The van der Waals surface area contributed by atoms with E-state index in [1.165, 1.54) is 0 Å². The summed E-state index contributed by atoms with van der Waals surface area (Å²) in [5.41, 5.74) is 0.520. The molecule has 2 saturated heterocycles. The summed E-state index contributed by atoms with van der Waals surface area (Å²) >= 11 is 0. The predicted molar refractivity (Wildman–Crippen MR) is 72.3 cm³/mol. The van der Waals surface area contributed by atoms with Gasteiger partial charge in [-0.2, -0.15) is 0 Å². The highest BCUT2D eigenvalue weighted by Gasteiger charge is 2.36. The number of esters is 1. The van der Waals surface area contributed by atoms with Crippen LogP contribution < -0.4 is 10.2 Å². The van der Waals surface area contributed by atoms with E-state index >= 15 is 0 Å². The van der Waals surface area contributed by atoms with Gasteiger partial charge in [0.1, 0.15) is 5.82 Å². The summed E-state index contributed by atoms with van der Waals surface area (Å²) in [6, 6.07) is 3.72. The Morgan fingerprint density at radius 3 is 2.74 bits per heavy atom. The van der Waals surface area contributed by atoms with Gasteiger partial charge >= 0.3 is 5.97 Å². The number of carbonyl (C=O) groups is 1. The minimum atomic E-state index is -0.302. The van der Waals surface area contributed by atoms with Crippen LogP contribution in [0, 0.1) is 11.8 Å². The van der Waals surface area contributed by atoms with Gasteiger partial charge in [-0.05, 0) is 30.9 Å². The molecular weight excluding hydrogens is 242 g/mol. The molecule has 5 heteroatoms. The van der Waals surface area contributed by atoms with E-state index in [0.29, 0.717) is 12.2 Å². The summed E-state index contributed by atoms with van der Waals surface area (Å²) in [6.45, 7) is 6.54. The predicted octanol–water partition coefficient (Wildman–Crippen LogP) is 0.914. The molecule has 1 N–H and O–H groups in total. The van der Waals surface area contributed by atoms with Gasteiger partial charge in [-0.25, -0.2) is 9.78 Å². The Labute approximate surface area is 113 Å². The fourth-order valence-corrected chi connectivity index (χ4v) is 2.95. The van der Waals surface area contributed by atoms with Crippen LogP contribution in [0.1, 0.15) is 17.3 Å². The first kappa shape index (κ1) is 12.4. The van der Waals surface area contributed by atoms with Gasteiger partial charge in [0.15, 0.2) is 0 Å². The van der Waals surface area contributed by atoms with E-state index in [1.807, 2.05) is 6.07 Å². The summed E-state index contributed by atoms with van der Waals surface area (Å²) in [5.74, 6) is 2.14. The molecule has 3 heterocycles. The molecule has 0 unspecified atom stereocenters. The maximum Gasteiger partial charge on any atom is 0.339 e. The summed E-state index contributed by atoms with van der Waals surface area (Å²) in [5, 5.41) is 3.43. The number of ether oxygens (including phenoxy) is 1. The smallest absolute Gasteiger partial charge is 0.339 e. The first-order valence-electron chi connectivity index (χ1n) is 6.86. The molecule has 5 nitrogen and oxygen atoms in total. The average Bonchev–Trinajstić information content (AvgIpc) is 3.00. The lowest BCUT2D eigenvalue weighted by atomic mass is 10.0. The monoisotopic (exact) mass is 261 g/mol. The molecule has 0 aliphatic carbocycles. The number of rotatable bonds is 3. The standard InChI is InChI=1S/C14H19N3O2/c1-2-19-14(18)10-3-4-13(16-7-10)17-8-11-5-15-6-12(11)9-17/h3-4,7,11-12,15H,2,5-6,8-9H2,1H3/t11-,12+. The van der Waals surface area contributed by atoms with Crippen molar-refractivity contribution in [2.24, 2.45) is 11.8 Å². The van der Waals surface area contributed by atoms with Crippen LogP contribution in [0.2, 0.25) is 0 Å². The third kappa shape index (κ3) is 2.42. The van der Waals surface area contributed by atoms with Crippen LogP contribution in [0.3, 0.4) is 0 Å². The first-order chi connectivity index (χ1) is 9.28. The fourth-order valence-electron chi connectivity index (χ4n) is 2.95. The average molecular weight is 261 g/mol. The Kier molecular flexibility index (Phi) is 3.38. The molecule has 0 spiro atoms. The number of nitrogens with one attached hydrogen (secondary N) is 1. The van der Waals surface area contributed by atoms with Crippen molar-refractivity contribution in [1.82, 2.24) is 10.3 Å². The molecule has 1 aromatic rings. The topological polar surface area (TPSA) is 54.5 Å². The van der Waals surface area contributed by atoms with Crippen LogP contribution in [0.4, 0.5) is 5.82 Å². The Morgan fingerprint density at radius 2 is 2.16 bits per heavy atom. The third-order valence-corrected chi connectivity index (χ3v) is 3.97. The van der Waals surface area contributed by atoms with Crippen LogP contribution in [0.15, 0.2) is 18.3 Å². The molecule has 19 heavy (non-hydrogen) atoms. The molecule has 0 radical (unpaired) electrons. The van der Waals surface area contributed by atoms with E-state index in [2.05, 4.69) is 15.2 Å². The quantitative estimate of drug-likeness (QED) is 0.820. The highest BCUT2D eigenvalue weighted by molar-refractivity contribution is 5.89. The number of fused-ring (bicyclic) bond motifs is 1. The number of pyridine rings is 1. The number of hydrogen-bond donors (Lipinski definition) is 1. The lowest BCUT2D eigenvalue weighted by Gasteiger charge is -2.18. The van der Waals surface area contributed by atoms with Crippen molar-refractivity contribution >= 4 is 11.8 Å². The molecule has 2 atom stereocenters. The summed E-state index contributed by atoms with van der Waals surface area (Å²) in [7, 11) is 0. The SMILES string of the molecule is CCOC(=O)c1ccc(N2C[C@H]3CNC[C@H]3C2)nc1. The molecule has 0 bridgehead atoms. The largest absolute Gasteiger partial charge is 0.462 e. The second-order valence-corrected chi connectivity index (χ2v) is 5.21. The van der Waals surface area contributed by atoms with Gasteiger partial charge in [0.25, 0.3) is 0 Å². The highest BCUT2D eigenvalue weighted by Crippen LogP contribution is 2.29. The summed E-state index contributed by atoms with van der Waals surface area (Å²) in [4.78, 5) is 18.3. The second-order valence-electron chi connectivity index (χ2n) is 5.21. The first-order valence-corrected chi connectivity index (χ1v) is 6.86. The molecule has 0 aromatic carbocycles. The molecule has 2 fully saturated rings. The normalized spacial score (nSPS) is 25.4. The van der Waals surface area contributed by atoms with E-state index in [4.69, 9.17) is 4.74 Å². The molecule has 0 amide bonds. The van der Waals surface area contributed by atoms with Gasteiger partial charge in [-0.15, -0.1) is 0 Å². The van der Waals surface area contributed by atoms with E-state index in [9.17, 15) is 4.79 Å². The van der Waals surface area contributed by atoms with Gasteiger partial charge in [0.2, 0.25) is 0 Å². The molecule has 0 saturated carbocycles.